The Morgan fingerprint density at radius 3 is 3.00 bits per heavy atom. The molecule has 1 rings (SSSR count). The van der Waals surface area contributed by atoms with E-state index in [0.29, 0.717) is 0 Å². The van der Waals surface area contributed by atoms with Crippen molar-refractivity contribution in [3.05, 3.63) is 28.4 Å². The lowest BCUT2D eigenvalue weighted by atomic mass is 10.4. The summed E-state index contributed by atoms with van der Waals surface area (Å²) >= 11 is 0. The highest BCUT2D eigenvalue weighted by Gasteiger charge is 2.13. The lowest BCUT2D eigenvalue weighted by Gasteiger charge is -1.96. The fourth-order valence-electron chi connectivity index (χ4n) is 0.628. The van der Waals surface area contributed by atoms with Gasteiger partial charge in [-0.1, -0.05) is 0 Å². The molecular formula is C6H5N2O3. The molecule has 0 fully saturated rings. The van der Waals surface area contributed by atoms with Crippen LogP contribution >= 0.6 is 0 Å². The van der Waals surface area contributed by atoms with Gasteiger partial charge in [0.1, 0.15) is 0 Å². The molecule has 0 aliphatic rings. The molecule has 0 bridgehead atoms. The van der Waals surface area contributed by atoms with Crippen LogP contribution in [0.1, 0.15) is 0 Å². The van der Waals surface area contributed by atoms with Crippen molar-refractivity contribution in [3.63, 3.8) is 0 Å². The summed E-state index contributed by atoms with van der Waals surface area (Å²) < 4.78 is 4.63. The number of hydrogen-bond acceptors (Lipinski definition) is 4. The van der Waals surface area contributed by atoms with Gasteiger partial charge in [0.15, 0.2) is 0 Å². The second kappa shape index (κ2) is 2.96. The molecule has 0 aromatic carbocycles. The predicted molar refractivity (Wildman–Crippen MR) is 36.3 cm³/mol. The SMILES string of the molecule is COc1nc[c]cc1[N+](=O)[O-]. The molecule has 0 atom stereocenters. The molecule has 0 aliphatic carbocycles. The third-order valence-corrected chi connectivity index (χ3v) is 1.09. The summed E-state index contributed by atoms with van der Waals surface area (Å²) in [5, 5.41) is 10.2. The van der Waals surface area contributed by atoms with Crippen molar-refractivity contribution in [1.29, 1.82) is 0 Å². The zero-order valence-electron chi connectivity index (χ0n) is 5.77. The predicted octanol–water partition coefficient (Wildman–Crippen LogP) is 0.799. The lowest BCUT2D eigenvalue weighted by Crippen LogP contribution is -1.94. The number of nitrogens with zero attached hydrogens (tertiary/aromatic N) is 2. The van der Waals surface area contributed by atoms with Gasteiger partial charge in [0.25, 0.3) is 5.88 Å². The smallest absolute Gasteiger partial charge is 0.331 e. The van der Waals surface area contributed by atoms with E-state index in [1.807, 2.05) is 0 Å². The Kier molecular flexibility index (Phi) is 2.00. The Hall–Kier alpha value is -1.65. The van der Waals surface area contributed by atoms with Gasteiger partial charge in [-0.25, -0.2) is 4.98 Å². The minimum absolute atomic E-state index is 0.00810. The number of hydrogen-bond donors (Lipinski definition) is 0. The Labute approximate surface area is 62.8 Å². The molecule has 0 saturated heterocycles. The number of rotatable bonds is 2. The van der Waals surface area contributed by atoms with Gasteiger partial charge in [-0.15, -0.1) is 0 Å². The van der Waals surface area contributed by atoms with Crippen molar-refractivity contribution >= 4 is 5.69 Å². The van der Waals surface area contributed by atoms with Gasteiger partial charge in [-0.3, -0.25) is 10.1 Å². The van der Waals surface area contributed by atoms with Crippen LogP contribution in [-0.2, 0) is 0 Å². The second-order valence-corrected chi connectivity index (χ2v) is 1.72. The van der Waals surface area contributed by atoms with Crippen LogP contribution in [0.25, 0.3) is 0 Å². The molecule has 11 heavy (non-hydrogen) atoms. The average molecular weight is 153 g/mol. The van der Waals surface area contributed by atoms with E-state index < -0.39 is 4.92 Å². The third-order valence-electron chi connectivity index (χ3n) is 1.09. The van der Waals surface area contributed by atoms with Crippen LogP contribution in [0.3, 0.4) is 0 Å². The van der Waals surface area contributed by atoms with Crippen molar-refractivity contribution in [2.24, 2.45) is 0 Å². The van der Waals surface area contributed by atoms with E-state index in [1.54, 1.807) is 0 Å². The summed E-state index contributed by atoms with van der Waals surface area (Å²) in [6, 6.07) is 3.70. The Balaban J connectivity index is 3.12. The van der Waals surface area contributed by atoms with E-state index in [4.69, 9.17) is 0 Å². The Morgan fingerprint density at radius 1 is 1.82 bits per heavy atom. The van der Waals surface area contributed by atoms with Crippen LogP contribution in [0.15, 0.2) is 12.3 Å². The minimum Gasteiger partial charge on any atom is -0.476 e. The maximum atomic E-state index is 10.2. The first-order valence-corrected chi connectivity index (χ1v) is 2.80. The van der Waals surface area contributed by atoms with Crippen LogP contribution in [0.4, 0.5) is 5.69 Å². The molecule has 1 aromatic heterocycles. The molecule has 0 unspecified atom stereocenters. The molecule has 0 amide bonds. The molecular weight excluding hydrogens is 148 g/mol. The number of methoxy groups -OCH3 is 1. The molecule has 0 aliphatic heterocycles. The van der Waals surface area contributed by atoms with Gasteiger partial charge in [0, 0.05) is 18.3 Å². The molecule has 5 nitrogen and oxygen atoms in total. The van der Waals surface area contributed by atoms with Crippen molar-refractivity contribution in [1.82, 2.24) is 4.98 Å². The minimum atomic E-state index is -0.567. The maximum absolute atomic E-state index is 10.2. The normalized spacial score (nSPS) is 9.18. The van der Waals surface area contributed by atoms with Gasteiger partial charge < -0.3 is 4.74 Å². The molecule has 1 radical (unpaired) electrons. The number of nitro groups is 1. The number of aromatic nitrogens is 1. The maximum Gasteiger partial charge on any atom is 0.331 e. The molecule has 1 heterocycles. The van der Waals surface area contributed by atoms with E-state index in [-0.39, 0.29) is 11.6 Å². The molecule has 57 valence electrons. The molecule has 0 N–H and O–H groups in total. The van der Waals surface area contributed by atoms with Gasteiger partial charge >= 0.3 is 5.69 Å². The van der Waals surface area contributed by atoms with E-state index in [2.05, 4.69) is 15.8 Å². The Morgan fingerprint density at radius 2 is 2.55 bits per heavy atom. The van der Waals surface area contributed by atoms with Gasteiger partial charge in [-0.2, -0.15) is 0 Å². The summed E-state index contributed by atoms with van der Waals surface area (Å²) in [5.41, 5.74) is -0.171. The zero-order chi connectivity index (χ0) is 8.27. The van der Waals surface area contributed by atoms with Crippen LogP contribution in [0.2, 0.25) is 0 Å². The monoisotopic (exact) mass is 153 g/mol. The number of ether oxygens (including phenoxy) is 1. The first-order chi connectivity index (χ1) is 5.25. The van der Waals surface area contributed by atoms with E-state index in [9.17, 15) is 10.1 Å². The van der Waals surface area contributed by atoms with Crippen molar-refractivity contribution < 1.29 is 9.66 Å². The van der Waals surface area contributed by atoms with E-state index >= 15 is 0 Å². The fraction of sp³-hybridized carbons (Fsp3) is 0.167. The third kappa shape index (κ3) is 1.43. The number of pyridine rings is 1. The summed E-state index contributed by atoms with van der Waals surface area (Å²) in [6.07, 6.45) is 1.31. The van der Waals surface area contributed by atoms with Crippen LogP contribution < -0.4 is 4.74 Å². The van der Waals surface area contributed by atoms with Crippen molar-refractivity contribution in [2.45, 2.75) is 0 Å². The second-order valence-electron chi connectivity index (χ2n) is 1.72. The molecule has 5 heteroatoms. The van der Waals surface area contributed by atoms with Gasteiger partial charge in [0.2, 0.25) is 0 Å². The standard InChI is InChI=1S/C6H5N2O3/c1-11-6-5(8(9)10)3-2-4-7-6/h3-4H,1H3. The van der Waals surface area contributed by atoms with Gasteiger partial charge in [-0.05, 0) is 0 Å². The zero-order valence-corrected chi connectivity index (χ0v) is 5.77. The lowest BCUT2D eigenvalue weighted by molar-refractivity contribution is -0.386. The Bertz CT molecular complexity index is 274. The van der Waals surface area contributed by atoms with Crippen LogP contribution in [-0.4, -0.2) is 17.0 Å². The van der Waals surface area contributed by atoms with Gasteiger partial charge in [0.05, 0.1) is 12.0 Å². The molecule has 0 spiro atoms. The fourth-order valence-corrected chi connectivity index (χ4v) is 0.628. The van der Waals surface area contributed by atoms with Crippen LogP contribution in [0, 0.1) is 16.2 Å². The van der Waals surface area contributed by atoms with E-state index in [0.717, 1.165) is 0 Å². The molecule has 1 aromatic rings. The van der Waals surface area contributed by atoms with E-state index in [1.165, 1.54) is 19.4 Å². The average Bonchev–Trinajstić information content (AvgIpc) is 2.04. The van der Waals surface area contributed by atoms with Crippen LogP contribution in [0.5, 0.6) is 5.88 Å². The highest BCUT2D eigenvalue weighted by molar-refractivity contribution is 5.39. The summed E-state index contributed by atoms with van der Waals surface area (Å²) in [7, 11) is 1.33. The van der Waals surface area contributed by atoms with Crippen molar-refractivity contribution in [3.8, 4) is 5.88 Å². The summed E-state index contributed by atoms with van der Waals surface area (Å²) in [4.78, 5) is 13.3. The largest absolute Gasteiger partial charge is 0.476 e. The first-order valence-electron chi connectivity index (χ1n) is 2.80. The quantitative estimate of drug-likeness (QED) is 0.465. The first kappa shape index (κ1) is 7.46. The topological polar surface area (TPSA) is 65.3 Å². The molecule has 0 saturated carbocycles. The highest BCUT2D eigenvalue weighted by Crippen LogP contribution is 2.21. The highest BCUT2D eigenvalue weighted by atomic mass is 16.6. The summed E-state index contributed by atoms with van der Waals surface area (Å²) in [6.45, 7) is 0. The summed E-state index contributed by atoms with van der Waals surface area (Å²) in [5.74, 6) is 0.00810. The van der Waals surface area contributed by atoms with Crippen molar-refractivity contribution in [2.75, 3.05) is 7.11 Å².